The smallest absolute Gasteiger partial charge is 0.328 e. The molecule has 0 saturated carbocycles. The number of carboxylic acids is 1. The lowest BCUT2D eigenvalue weighted by Gasteiger charge is -2.24. The van der Waals surface area contributed by atoms with Gasteiger partial charge < -0.3 is 15.3 Å². The zero-order valence-corrected chi connectivity index (χ0v) is 12.6. The van der Waals surface area contributed by atoms with Gasteiger partial charge in [-0.3, -0.25) is 0 Å². The van der Waals surface area contributed by atoms with Gasteiger partial charge in [0.2, 0.25) is 0 Å². The Morgan fingerprint density at radius 3 is 2.67 bits per heavy atom. The van der Waals surface area contributed by atoms with Gasteiger partial charge in [0.1, 0.15) is 0 Å². The van der Waals surface area contributed by atoms with E-state index < -0.39 is 5.97 Å². The van der Waals surface area contributed by atoms with Crippen molar-refractivity contribution in [1.29, 1.82) is 0 Å². The third-order valence-electron chi connectivity index (χ3n) is 3.35. The fraction of sp³-hybridized carbons (Fsp3) is 0.333. The van der Waals surface area contributed by atoms with Gasteiger partial charge >= 0.3 is 12.0 Å². The first-order valence-electron chi connectivity index (χ1n) is 6.69. The van der Waals surface area contributed by atoms with Crippen LogP contribution in [0.25, 0.3) is 6.08 Å². The van der Waals surface area contributed by atoms with Crippen LogP contribution in [-0.2, 0) is 4.79 Å². The van der Waals surface area contributed by atoms with Crippen LogP contribution in [0.1, 0.15) is 12.0 Å². The van der Waals surface area contributed by atoms with E-state index in [1.807, 2.05) is 18.8 Å². The van der Waals surface area contributed by atoms with Crippen LogP contribution in [0, 0.1) is 0 Å². The maximum atomic E-state index is 12.1. The van der Waals surface area contributed by atoms with Crippen LogP contribution in [0.2, 0.25) is 0 Å². The fourth-order valence-electron chi connectivity index (χ4n) is 2.05. The van der Waals surface area contributed by atoms with E-state index in [0.29, 0.717) is 11.7 Å². The van der Waals surface area contributed by atoms with Gasteiger partial charge in [-0.2, -0.15) is 11.8 Å². The average molecular weight is 306 g/mol. The van der Waals surface area contributed by atoms with Gasteiger partial charge in [0.05, 0.1) is 0 Å². The summed E-state index contributed by atoms with van der Waals surface area (Å²) in [5.41, 5.74) is 1.47. The summed E-state index contributed by atoms with van der Waals surface area (Å²) in [6.07, 6.45) is 3.63. The summed E-state index contributed by atoms with van der Waals surface area (Å²) in [6.45, 7) is 0. The molecule has 1 heterocycles. The predicted octanol–water partition coefficient (Wildman–Crippen LogP) is 2.75. The Labute approximate surface area is 128 Å². The number of rotatable bonds is 4. The lowest BCUT2D eigenvalue weighted by atomic mass is 10.2. The van der Waals surface area contributed by atoms with Gasteiger partial charge in [-0.15, -0.1) is 0 Å². The molecule has 1 aromatic rings. The van der Waals surface area contributed by atoms with Crippen LogP contribution in [0.15, 0.2) is 30.3 Å². The Bertz CT molecular complexity index is 536. The van der Waals surface area contributed by atoms with E-state index in [2.05, 4.69) is 5.32 Å². The van der Waals surface area contributed by atoms with Crippen molar-refractivity contribution in [3.8, 4) is 0 Å². The Morgan fingerprint density at radius 1 is 1.38 bits per heavy atom. The quantitative estimate of drug-likeness (QED) is 0.839. The first-order valence-corrected chi connectivity index (χ1v) is 7.84. The Morgan fingerprint density at radius 2 is 2.10 bits per heavy atom. The summed E-state index contributed by atoms with van der Waals surface area (Å²) in [5, 5.41) is 11.4. The van der Waals surface area contributed by atoms with Gasteiger partial charge in [0.15, 0.2) is 0 Å². The maximum absolute atomic E-state index is 12.1. The SMILES string of the molecule is CN(C(=O)Nc1ccc(C=CC(=O)O)cc1)C1CCSC1. The molecule has 0 aliphatic carbocycles. The highest BCUT2D eigenvalue weighted by Crippen LogP contribution is 2.22. The number of amides is 2. The topological polar surface area (TPSA) is 69.6 Å². The molecule has 2 rings (SSSR count). The van der Waals surface area contributed by atoms with Gasteiger partial charge in [0, 0.05) is 30.6 Å². The van der Waals surface area contributed by atoms with E-state index in [0.717, 1.165) is 29.6 Å². The van der Waals surface area contributed by atoms with Gasteiger partial charge in [-0.1, -0.05) is 12.1 Å². The molecule has 5 nitrogen and oxygen atoms in total. The molecule has 0 spiro atoms. The van der Waals surface area contributed by atoms with Crippen molar-refractivity contribution < 1.29 is 14.7 Å². The van der Waals surface area contributed by atoms with E-state index in [1.165, 1.54) is 6.08 Å². The Hall–Kier alpha value is -1.95. The highest BCUT2D eigenvalue weighted by molar-refractivity contribution is 7.99. The van der Waals surface area contributed by atoms with Crippen molar-refractivity contribution in [2.24, 2.45) is 0 Å². The molecule has 1 fully saturated rings. The van der Waals surface area contributed by atoms with E-state index in [4.69, 9.17) is 5.11 Å². The zero-order chi connectivity index (χ0) is 15.2. The van der Waals surface area contributed by atoms with Crippen molar-refractivity contribution in [3.05, 3.63) is 35.9 Å². The molecule has 0 bridgehead atoms. The number of nitrogens with one attached hydrogen (secondary N) is 1. The molecule has 0 radical (unpaired) electrons. The molecule has 1 aromatic carbocycles. The third-order valence-corrected chi connectivity index (χ3v) is 4.50. The minimum Gasteiger partial charge on any atom is -0.478 e. The molecule has 1 saturated heterocycles. The summed E-state index contributed by atoms with van der Waals surface area (Å²) in [5.74, 6) is 1.11. The number of hydrogen-bond donors (Lipinski definition) is 2. The molecule has 0 aromatic heterocycles. The first kappa shape index (κ1) is 15.4. The first-order chi connectivity index (χ1) is 10.1. The number of urea groups is 1. The number of carbonyl (C=O) groups excluding carboxylic acids is 1. The minimum absolute atomic E-state index is 0.115. The number of anilines is 1. The van der Waals surface area contributed by atoms with E-state index in [9.17, 15) is 9.59 Å². The van der Waals surface area contributed by atoms with Gasteiger partial charge in [-0.25, -0.2) is 9.59 Å². The second-order valence-electron chi connectivity index (χ2n) is 4.85. The summed E-state index contributed by atoms with van der Waals surface area (Å²) < 4.78 is 0. The van der Waals surface area contributed by atoms with Crippen LogP contribution < -0.4 is 5.32 Å². The predicted molar refractivity (Wildman–Crippen MR) is 85.6 cm³/mol. The molecular weight excluding hydrogens is 288 g/mol. The van der Waals surface area contributed by atoms with Gasteiger partial charge in [-0.05, 0) is 35.9 Å². The Kier molecular flexibility index (Phi) is 5.27. The maximum Gasteiger partial charge on any atom is 0.328 e. The molecule has 2 amide bonds. The second kappa shape index (κ2) is 7.17. The zero-order valence-electron chi connectivity index (χ0n) is 11.8. The molecule has 2 N–H and O–H groups in total. The van der Waals surface area contributed by atoms with E-state index in [1.54, 1.807) is 29.2 Å². The lowest BCUT2D eigenvalue weighted by Crippen LogP contribution is -2.39. The number of hydrogen-bond acceptors (Lipinski definition) is 3. The molecule has 112 valence electrons. The molecule has 6 heteroatoms. The largest absolute Gasteiger partial charge is 0.478 e. The van der Waals surface area contributed by atoms with Crippen molar-refractivity contribution in [2.45, 2.75) is 12.5 Å². The van der Waals surface area contributed by atoms with Crippen LogP contribution in [0.4, 0.5) is 10.5 Å². The second-order valence-corrected chi connectivity index (χ2v) is 6.00. The van der Waals surface area contributed by atoms with Crippen molar-refractivity contribution >= 4 is 35.5 Å². The van der Waals surface area contributed by atoms with Crippen LogP contribution in [0.5, 0.6) is 0 Å². The molecular formula is C15H18N2O3S. The number of nitrogens with zero attached hydrogens (tertiary/aromatic N) is 1. The molecule has 1 atom stereocenters. The van der Waals surface area contributed by atoms with E-state index in [-0.39, 0.29) is 6.03 Å². The minimum atomic E-state index is -0.983. The lowest BCUT2D eigenvalue weighted by molar-refractivity contribution is -0.131. The normalized spacial score (nSPS) is 17.9. The Balaban J connectivity index is 1.93. The van der Waals surface area contributed by atoms with E-state index >= 15 is 0 Å². The third kappa shape index (κ3) is 4.53. The van der Waals surface area contributed by atoms with Gasteiger partial charge in [0.25, 0.3) is 0 Å². The molecule has 1 aliphatic rings. The van der Waals surface area contributed by atoms with Crippen molar-refractivity contribution in [1.82, 2.24) is 4.90 Å². The van der Waals surface area contributed by atoms with Crippen molar-refractivity contribution in [2.75, 3.05) is 23.9 Å². The molecule has 1 aliphatic heterocycles. The highest BCUT2D eigenvalue weighted by atomic mass is 32.2. The summed E-state index contributed by atoms with van der Waals surface area (Å²) in [6, 6.07) is 7.23. The summed E-state index contributed by atoms with van der Waals surface area (Å²) in [7, 11) is 1.82. The summed E-state index contributed by atoms with van der Waals surface area (Å²) in [4.78, 5) is 24.3. The van der Waals surface area contributed by atoms with Crippen molar-refractivity contribution in [3.63, 3.8) is 0 Å². The average Bonchev–Trinajstić information content (AvgIpc) is 2.99. The fourth-order valence-corrected chi connectivity index (χ4v) is 3.32. The number of aliphatic carboxylic acids is 1. The molecule has 1 unspecified atom stereocenters. The number of carbonyl (C=O) groups is 2. The number of thioether (sulfide) groups is 1. The van der Waals surface area contributed by atoms with Crippen LogP contribution in [-0.4, -0.2) is 46.6 Å². The van der Waals surface area contributed by atoms with Crippen LogP contribution in [0.3, 0.4) is 0 Å². The summed E-state index contributed by atoms with van der Waals surface area (Å²) >= 11 is 1.87. The van der Waals surface area contributed by atoms with Crippen LogP contribution >= 0.6 is 11.8 Å². The molecule has 21 heavy (non-hydrogen) atoms. The number of benzene rings is 1. The monoisotopic (exact) mass is 306 g/mol. The number of carboxylic acid groups (broad SMARTS) is 1. The standard InChI is InChI=1S/C15H18N2O3S/c1-17(13-8-9-21-10-13)15(20)16-12-5-2-11(3-6-12)4-7-14(18)19/h2-7,13H,8-10H2,1H3,(H,16,20)(H,18,19). The highest BCUT2D eigenvalue weighted by Gasteiger charge is 2.23.